The number of fused-ring (bicyclic) bond motifs is 1. The Morgan fingerprint density at radius 3 is 3.00 bits per heavy atom. The maximum Gasteiger partial charge on any atom is 0.265 e. The fourth-order valence-corrected chi connectivity index (χ4v) is 2.82. The first kappa shape index (κ1) is 11.4. The molecule has 0 bridgehead atoms. The average Bonchev–Trinajstić information content (AvgIpc) is 2.62. The van der Waals surface area contributed by atoms with Gasteiger partial charge in [-0.2, -0.15) is 13.5 Å². The van der Waals surface area contributed by atoms with Gasteiger partial charge in [-0.1, -0.05) is 0 Å². The number of nitrogens with zero attached hydrogens (tertiary/aromatic N) is 3. The zero-order valence-electron chi connectivity index (χ0n) is 8.15. The quantitative estimate of drug-likeness (QED) is 0.643. The molecule has 8 heteroatoms. The molecule has 0 atom stereocenters. The van der Waals surface area contributed by atoms with Crippen LogP contribution < -0.4 is 0 Å². The van der Waals surface area contributed by atoms with Crippen LogP contribution in [0.25, 0.3) is 5.65 Å². The molecule has 0 saturated carbocycles. The Morgan fingerprint density at radius 2 is 2.25 bits per heavy atom. The second-order valence-corrected chi connectivity index (χ2v) is 5.72. The van der Waals surface area contributed by atoms with E-state index in [0.717, 1.165) is 5.65 Å². The minimum Gasteiger partial charge on any atom is -0.286 e. The van der Waals surface area contributed by atoms with E-state index >= 15 is 0 Å². The van der Waals surface area contributed by atoms with Gasteiger partial charge in [-0.15, -0.1) is 11.8 Å². The summed E-state index contributed by atoms with van der Waals surface area (Å²) in [5.41, 5.74) is 0.735. The van der Waals surface area contributed by atoms with E-state index in [1.807, 2.05) is 0 Å². The predicted octanol–water partition coefficient (Wildman–Crippen LogP) is 0.709. The van der Waals surface area contributed by atoms with Crippen LogP contribution in [0.2, 0.25) is 0 Å². The molecule has 0 aliphatic carbocycles. The van der Waals surface area contributed by atoms with E-state index < -0.39 is 10.1 Å². The standard InChI is InChI=1S/C8H9N3O3S2/c12-16(13,14)6-5-15-8-2-1-7-9-3-4-11(7)10-8/h1-4H,5-6H2,(H,12,13,14). The summed E-state index contributed by atoms with van der Waals surface area (Å²) in [6.07, 6.45) is 3.34. The van der Waals surface area contributed by atoms with Crippen LogP contribution in [0.1, 0.15) is 0 Å². The van der Waals surface area contributed by atoms with Crippen LogP contribution in [0.5, 0.6) is 0 Å². The molecular weight excluding hydrogens is 250 g/mol. The van der Waals surface area contributed by atoms with Crippen molar-refractivity contribution in [3.63, 3.8) is 0 Å². The molecule has 2 rings (SSSR count). The Hall–Kier alpha value is -1.12. The molecule has 0 spiro atoms. The normalized spacial score (nSPS) is 12.1. The Morgan fingerprint density at radius 1 is 1.44 bits per heavy atom. The van der Waals surface area contributed by atoms with Crippen LogP contribution in [0, 0.1) is 0 Å². The molecule has 0 aliphatic heterocycles. The lowest BCUT2D eigenvalue weighted by Crippen LogP contribution is -2.06. The highest BCUT2D eigenvalue weighted by Crippen LogP contribution is 2.15. The largest absolute Gasteiger partial charge is 0.286 e. The lowest BCUT2D eigenvalue weighted by Gasteiger charge is -1.99. The van der Waals surface area contributed by atoms with Gasteiger partial charge in [0.05, 0.1) is 5.75 Å². The van der Waals surface area contributed by atoms with Crippen molar-refractivity contribution >= 4 is 27.5 Å². The molecule has 0 amide bonds. The summed E-state index contributed by atoms with van der Waals surface area (Å²) in [5, 5.41) is 4.88. The highest BCUT2D eigenvalue weighted by atomic mass is 32.2. The zero-order chi connectivity index (χ0) is 11.6. The SMILES string of the molecule is O=S(=O)(O)CCSc1ccc2nccn2n1. The maximum absolute atomic E-state index is 10.5. The van der Waals surface area contributed by atoms with Crippen molar-refractivity contribution in [1.82, 2.24) is 14.6 Å². The molecule has 0 unspecified atom stereocenters. The topological polar surface area (TPSA) is 84.6 Å². The van der Waals surface area contributed by atoms with Crippen LogP contribution in [-0.4, -0.2) is 39.1 Å². The zero-order valence-corrected chi connectivity index (χ0v) is 9.78. The average molecular weight is 259 g/mol. The second-order valence-electron chi connectivity index (χ2n) is 3.04. The van der Waals surface area contributed by atoms with Crippen molar-refractivity contribution < 1.29 is 13.0 Å². The van der Waals surface area contributed by atoms with E-state index in [2.05, 4.69) is 10.1 Å². The number of hydrogen-bond acceptors (Lipinski definition) is 5. The fraction of sp³-hybridized carbons (Fsp3) is 0.250. The molecule has 2 heterocycles. The number of thioether (sulfide) groups is 1. The summed E-state index contributed by atoms with van der Waals surface area (Å²) in [4.78, 5) is 4.03. The summed E-state index contributed by atoms with van der Waals surface area (Å²) in [7, 11) is -3.89. The van der Waals surface area contributed by atoms with Crippen molar-refractivity contribution in [3.05, 3.63) is 24.5 Å². The van der Waals surface area contributed by atoms with Gasteiger partial charge in [0.25, 0.3) is 10.1 Å². The van der Waals surface area contributed by atoms with Crippen LogP contribution >= 0.6 is 11.8 Å². The number of hydrogen-bond donors (Lipinski definition) is 1. The van der Waals surface area contributed by atoms with E-state index in [4.69, 9.17) is 4.55 Å². The van der Waals surface area contributed by atoms with Crippen molar-refractivity contribution in [1.29, 1.82) is 0 Å². The van der Waals surface area contributed by atoms with E-state index in [1.54, 1.807) is 29.0 Å². The Labute approximate surface area is 96.4 Å². The lowest BCUT2D eigenvalue weighted by atomic mass is 10.6. The van der Waals surface area contributed by atoms with Crippen molar-refractivity contribution in [2.75, 3.05) is 11.5 Å². The first-order chi connectivity index (χ1) is 7.54. The van der Waals surface area contributed by atoms with Gasteiger partial charge in [0, 0.05) is 18.1 Å². The molecule has 0 radical (unpaired) electrons. The third kappa shape index (κ3) is 2.94. The highest BCUT2D eigenvalue weighted by Gasteiger charge is 2.05. The molecule has 1 N–H and O–H groups in total. The van der Waals surface area contributed by atoms with Gasteiger partial charge in [-0.3, -0.25) is 4.55 Å². The molecule has 16 heavy (non-hydrogen) atoms. The Bertz CT molecular complexity index is 593. The predicted molar refractivity (Wildman–Crippen MR) is 60.1 cm³/mol. The number of aromatic nitrogens is 3. The van der Waals surface area contributed by atoms with Crippen LogP contribution in [0.4, 0.5) is 0 Å². The van der Waals surface area contributed by atoms with Crippen molar-refractivity contribution in [2.45, 2.75) is 5.03 Å². The molecule has 0 fully saturated rings. The third-order valence-electron chi connectivity index (χ3n) is 1.82. The van der Waals surface area contributed by atoms with Gasteiger partial charge in [-0.25, -0.2) is 9.50 Å². The molecular formula is C8H9N3O3S2. The first-order valence-electron chi connectivity index (χ1n) is 4.43. The monoisotopic (exact) mass is 259 g/mol. The second kappa shape index (κ2) is 4.40. The van der Waals surface area contributed by atoms with Crippen LogP contribution in [0.15, 0.2) is 29.6 Å². The van der Waals surface area contributed by atoms with E-state index in [0.29, 0.717) is 5.03 Å². The number of rotatable bonds is 4. The summed E-state index contributed by atoms with van der Waals surface area (Å²) < 4.78 is 31.2. The molecule has 0 saturated heterocycles. The van der Waals surface area contributed by atoms with Gasteiger partial charge < -0.3 is 0 Å². The molecule has 6 nitrogen and oxygen atoms in total. The van der Waals surface area contributed by atoms with Gasteiger partial charge >= 0.3 is 0 Å². The first-order valence-corrected chi connectivity index (χ1v) is 7.02. The van der Waals surface area contributed by atoms with Gasteiger partial charge in [0.2, 0.25) is 0 Å². The highest BCUT2D eigenvalue weighted by molar-refractivity contribution is 8.00. The molecule has 2 aromatic heterocycles. The van der Waals surface area contributed by atoms with Crippen molar-refractivity contribution in [3.8, 4) is 0 Å². The summed E-state index contributed by atoms with van der Waals surface area (Å²) in [5.74, 6) is -0.00660. The molecule has 0 aromatic carbocycles. The van der Waals surface area contributed by atoms with Gasteiger partial charge in [0.1, 0.15) is 5.03 Å². The number of imidazole rings is 1. The smallest absolute Gasteiger partial charge is 0.265 e. The lowest BCUT2D eigenvalue weighted by molar-refractivity contribution is 0.485. The third-order valence-corrected chi connectivity index (χ3v) is 3.72. The Kier molecular flexibility index (Phi) is 3.13. The summed E-state index contributed by atoms with van der Waals surface area (Å²) in [6.45, 7) is 0. The summed E-state index contributed by atoms with van der Waals surface area (Å²) in [6, 6.07) is 3.56. The van der Waals surface area contributed by atoms with E-state index in [-0.39, 0.29) is 11.5 Å². The summed E-state index contributed by atoms with van der Waals surface area (Å²) >= 11 is 1.27. The van der Waals surface area contributed by atoms with Crippen molar-refractivity contribution in [2.24, 2.45) is 0 Å². The van der Waals surface area contributed by atoms with E-state index in [9.17, 15) is 8.42 Å². The van der Waals surface area contributed by atoms with Crippen LogP contribution in [0.3, 0.4) is 0 Å². The molecule has 0 aliphatic rings. The van der Waals surface area contributed by atoms with E-state index in [1.165, 1.54) is 11.8 Å². The van der Waals surface area contributed by atoms with Crippen LogP contribution in [-0.2, 0) is 10.1 Å². The minimum absolute atomic E-state index is 0.270. The molecule has 86 valence electrons. The maximum atomic E-state index is 10.5. The minimum atomic E-state index is -3.89. The Balaban J connectivity index is 2.04. The molecule has 2 aromatic rings. The van der Waals surface area contributed by atoms with Gasteiger partial charge in [0.15, 0.2) is 5.65 Å². The van der Waals surface area contributed by atoms with Gasteiger partial charge in [-0.05, 0) is 12.1 Å². The fourth-order valence-electron chi connectivity index (χ4n) is 1.13.